The number of rotatable bonds is 4. The minimum Gasteiger partial charge on any atom is -0.495 e. The van der Waals surface area contributed by atoms with Crippen molar-refractivity contribution in [3.8, 4) is 17.0 Å². The van der Waals surface area contributed by atoms with Gasteiger partial charge in [-0.25, -0.2) is 4.98 Å². The van der Waals surface area contributed by atoms with Crippen LogP contribution in [0.3, 0.4) is 0 Å². The van der Waals surface area contributed by atoms with Crippen molar-refractivity contribution in [3.63, 3.8) is 0 Å². The van der Waals surface area contributed by atoms with E-state index in [1.165, 1.54) is 0 Å². The number of ether oxygens (including phenoxy) is 1. The van der Waals surface area contributed by atoms with Crippen molar-refractivity contribution < 1.29 is 9.84 Å². The molecule has 3 aromatic rings. The van der Waals surface area contributed by atoms with Crippen LogP contribution in [0.5, 0.6) is 5.75 Å². The fourth-order valence-electron chi connectivity index (χ4n) is 2.37. The first-order valence-electron chi connectivity index (χ1n) is 6.54. The summed E-state index contributed by atoms with van der Waals surface area (Å²) >= 11 is 0. The topological polar surface area (TPSA) is 46.8 Å². The lowest BCUT2D eigenvalue weighted by atomic mass is 10.1. The largest absolute Gasteiger partial charge is 0.495 e. The van der Waals surface area contributed by atoms with Gasteiger partial charge in [0, 0.05) is 18.6 Å². The zero-order valence-corrected chi connectivity index (χ0v) is 11.3. The van der Waals surface area contributed by atoms with Crippen molar-refractivity contribution in [2.75, 3.05) is 13.7 Å². The van der Waals surface area contributed by atoms with Gasteiger partial charge >= 0.3 is 0 Å². The highest BCUT2D eigenvalue weighted by atomic mass is 16.5. The highest BCUT2D eigenvalue weighted by Crippen LogP contribution is 2.26. The Labute approximate surface area is 117 Å². The summed E-state index contributed by atoms with van der Waals surface area (Å²) in [6.45, 7) is 0.0881. The highest BCUT2D eigenvalue weighted by molar-refractivity contribution is 5.66. The molecular weight excluding hydrogens is 252 g/mol. The number of aliphatic hydroxyl groups is 1. The van der Waals surface area contributed by atoms with Crippen molar-refractivity contribution in [2.24, 2.45) is 0 Å². The fraction of sp³-hybridized carbons (Fsp3) is 0.188. The number of hydrogen-bond donors (Lipinski definition) is 1. The molecule has 0 saturated heterocycles. The Hall–Kier alpha value is -2.33. The minimum absolute atomic E-state index is 0.0881. The third-order valence-electron chi connectivity index (χ3n) is 3.32. The molecule has 1 N–H and O–H groups in total. The van der Waals surface area contributed by atoms with Gasteiger partial charge in [0.2, 0.25) is 0 Å². The summed E-state index contributed by atoms with van der Waals surface area (Å²) < 4.78 is 7.24. The van der Waals surface area contributed by atoms with E-state index >= 15 is 0 Å². The molecule has 3 rings (SSSR count). The molecule has 2 aromatic heterocycles. The number of imidazole rings is 1. The lowest BCUT2D eigenvalue weighted by molar-refractivity contribution is 0.298. The molecular formula is C16H16N2O2. The van der Waals surface area contributed by atoms with Gasteiger partial charge in [-0.05, 0) is 12.1 Å². The molecule has 0 spiro atoms. The smallest absolute Gasteiger partial charge is 0.137 e. The maximum atomic E-state index is 9.32. The van der Waals surface area contributed by atoms with Crippen molar-refractivity contribution in [1.29, 1.82) is 0 Å². The van der Waals surface area contributed by atoms with Gasteiger partial charge in [0.05, 0.1) is 24.7 Å². The van der Waals surface area contributed by atoms with Crippen LogP contribution in [0.1, 0.15) is 5.69 Å². The zero-order chi connectivity index (χ0) is 13.9. The van der Waals surface area contributed by atoms with Crippen molar-refractivity contribution in [1.82, 2.24) is 9.38 Å². The molecule has 0 fully saturated rings. The zero-order valence-electron chi connectivity index (χ0n) is 11.3. The van der Waals surface area contributed by atoms with Gasteiger partial charge in [-0.3, -0.25) is 4.40 Å². The summed E-state index contributed by atoms with van der Waals surface area (Å²) in [5.41, 5.74) is 3.81. The van der Waals surface area contributed by atoms with E-state index in [4.69, 9.17) is 4.74 Å². The molecule has 0 bridgehead atoms. The molecule has 0 aliphatic carbocycles. The van der Waals surface area contributed by atoms with Crippen LogP contribution in [0.25, 0.3) is 16.9 Å². The van der Waals surface area contributed by atoms with E-state index in [9.17, 15) is 5.11 Å². The van der Waals surface area contributed by atoms with E-state index in [2.05, 4.69) is 4.98 Å². The quantitative estimate of drug-likeness (QED) is 0.791. The Kier molecular flexibility index (Phi) is 3.39. The lowest BCUT2D eigenvalue weighted by Gasteiger charge is -2.05. The van der Waals surface area contributed by atoms with E-state index in [-0.39, 0.29) is 6.61 Å². The average molecular weight is 268 g/mol. The number of methoxy groups -OCH3 is 1. The first-order chi connectivity index (χ1) is 9.83. The predicted octanol–water partition coefficient (Wildman–Crippen LogP) is 2.54. The number of nitrogens with zero attached hydrogens (tertiary/aromatic N) is 2. The standard InChI is InChI=1S/C16H16N2O2/c1-20-13-7-8-15-17-16(12-5-3-2-4-6-12)14(9-10-19)18(15)11-13/h2-8,11,19H,9-10H2,1H3. The second-order valence-corrected chi connectivity index (χ2v) is 4.54. The molecule has 0 atom stereocenters. The second-order valence-electron chi connectivity index (χ2n) is 4.54. The number of fused-ring (bicyclic) bond motifs is 1. The molecule has 0 unspecified atom stereocenters. The Morgan fingerprint density at radius 3 is 2.65 bits per heavy atom. The van der Waals surface area contributed by atoms with E-state index < -0.39 is 0 Å². The monoisotopic (exact) mass is 268 g/mol. The Morgan fingerprint density at radius 2 is 1.95 bits per heavy atom. The Bertz CT molecular complexity index is 720. The SMILES string of the molecule is COc1ccc2nc(-c3ccccc3)c(CCO)n2c1. The first kappa shape index (κ1) is 12.7. The van der Waals surface area contributed by atoms with Crippen LogP contribution in [0, 0.1) is 0 Å². The lowest BCUT2D eigenvalue weighted by Crippen LogP contribution is -1.99. The van der Waals surface area contributed by atoms with Crippen LogP contribution in [-0.4, -0.2) is 28.2 Å². The summed E-state index contributed by atoms with van der Waals surface area (Å²) in [5.74, 6) is 0.772. The van der Waals surface area contributed by atoms with E-state index in [1.54, 1.807) is 7.11 Å². The Balaban J connectivity index is 2.23. The van der Waals surface area contributed by atoms with E-state index in [0.29, 0.717) is 6.42 Å². The molecule has 102 valence electrons. The van der Waals surface area contributed by atoms with E-state index in [0.717, 1.165) is 28.3 Å². The first-order valence-corrected chi connectivity index (χ1v) is 6.54. The molecule has 0 amide bonds. The molecule has 4 nitrogen and oxygen atoms in total. The number of hydrogen-bond acceptors (Lipinski definition) is 3. The molecule has 0 radical (unpaired) electrons. The molecule has 20 heavy (non-hydrogen) atoms. The van der Waals surface area contributed by atoms with Gasteiger partial charge in [-0.2, -0.15) is 0 Å². The van der Waals surface area contributed by atoms with Crippen LogP contribution in [0.15, 0.2) is 48.7 Å². The van der Waals surface area contributed by atoms with Crippen LogP contribution in [0.2, 0.25) is 0 Å². The van der Waals surface area contributed by atoms with Crippen molar-refractivity contribution in [3.05, 3.63) is 54.4 Å². The summed E-state index contributed by atoms with van der Waals surface area (Å²) in [4.78, 5) is 4.67. The van der Waals surface area contributed by atoms with Crippen molar-refractivity contribution in [2.45, 2.75) is 6.42 Å². The summed E-state index contributed by atoms with van der Waals surface area (Å²) in [7, 11) is 1.64. The molecule has 0 saturated carbocycles. The molecule has 1 aromatic carbocycles. The summed E-state index contributed by atoms with van der Waals surface area (Å²) in [6, 6.07) is 13.8. The summed E-state index contributed by atoms with van der Waals surface area (Å²) in [5, 5.41) is 9.32. The van der Waals surface area contributed by atoms with E-state index in [1.807, 2.05) is 53.1 Å². The van der Waals surface area contributed by atoms with Gasteiger partial charge in [0.1, 0.15) is 11.4 Å². The number of pyridine rings is 1. The maximum Gasteiger partial charge on any atom is 0.137 e. The fourth-order valence-corrected chi connectivity index (χ4v) is 2.37. The number of aliphatic hydroxyl groups excluding tert-OH is 1. The molecule has 0 aliphatic rings. The molecule has 0 aliphatic heterocycles. The molecule has 2 heterocycles. The second kappa shape index (κ2) is 5.35. The van der Waals surface area contributed by atoms with Crippen LogP contribution >= 0.6 is 0 Å². The van der Waals surface area contributed by atoms with Gasteiger partial charge in [-0.15, -0.1) is 0 Å². The molecule has 4 heteroatoms. The van der Waals surface area contributed by atoms with Crippen molar-refractivity contribution >= 4 is 5.65 Å². The predicted molar refractivity (Wildman–Crippen MR) is 78.0 cm³/mol. The third-order valence-corrected chi connectivity index (χ3v) is 3.32. The highest BCUT2D eigenvalue weighted by Gasteiger charge is 2.13. The summed E-state index contributed by atoms with van der Waals surface area (Å²) in [6.07, 6.45) is 2.46. The maximum absolute atomic E-state index is 9.32. The normalized spacial score (nSPS) is 10.9. The van der Waals surface area contributed by atoms with Crippen LogP contribution in [-0.2, 0) is 6.42 Å². The van der Waals surface area contributed by atoms with Gasteiger partial charge in [0.15, 0.2) is 0 Å². The average Bonchev–Trinajstić information content (AvgIpc) is 2.86. The third kappa shape index (κ3) is 2.14. The van der Waals surface area contributed by atoms with Gasteiger partial charge < -0.3 is 9.84 Å². The number of aromatic nitrogens is 2. The minimum atomic E-state index is 0.0881. The van der Waals surface area contributed by atoms with Crippen LogP contribution < -0.4 is 4.74 Å². The number of benzene rings is 1. The van der Waals surface area contributed by atoms with Gasteiger partial charge in [-0.1, -0.05) is 30.3 Å². The Morgan fingerprint density at radius 1 is 1.15 bits per heavy atom. The van der Waals surface area contributed by atoms with Crippen LogP contribution in [0.4, 0.5) is 0 Å². The van der Waals surface area contributed by atoms with Gasteiger partial charge in [0.25, 0.3) is 0 Å².